The second kappa shape index (κ2) is 4.22. The van der Waals surface area contributed by atoms with Crippen LogP contribution in [0.3, 0.4) is 0 Å². The van der Waals surface area contributed by atoms with Crippen LogP contribution in [0.2, 0.25) is 0 Å². The lowest BCUT2D eigenvalue weighted by Gasteiger charge is -2.32. The van der Waals surface area contributed by atoms with Gasteiger partial charge in [0.25, 0.3) is 0 Å². The van der Waals surface area contributed by atoms with Crippen molar-refractivity contribution in [3.8, 4) is 0 Å². The molecule has 0 saturated heterocycles. The molecule has 92 valence electrons. The minimum atomic E-state index is -4.58. The Labute approximate surface area is 93.7 Å². The van der Waals surface area contributed by atoms with E-state index < -0.39 is 15.1 Å². The lowest BCUT2D eigenvalue weighted by Crippen LogP contribution is -2.54. The average Bonchev–Trinajstić information content (AvgIpc) is 2.50. The molecular formula is C8H15N2O5S+. The van der Waals surface area contributed by atoms with Crippen LogP contribution in [0, 0.1) is 0 Å². The molecule has 1 aliphatic heterocycles. The van der Waals surface area contributed by atoms with Crippen molar-refractivity contribution in [3.05, 3.63) is 12.4 Å². The van der Waals surface area contributed by atoms with E-state index in [1.807, 2.05) is 0 Å². The maximum atomic E-state index is 11.0. The number of hydrogen-bond donors (Lipinski definition) is 3. The Morgan fingerprint density at radius 2 is 2.12 bits per heavy atom. The van der Waals surface area contributed by atoms with Crippen LogP contribution in [0.1, 0.15) is 6.92 Å². The first-order valence-corrected chi connectivity index (χ1v) is 6.05. The smallest absolute Gasteiger partial charge is 0.300 e. The maximum absolute atomic E-state index is 11.0. The number of aliphatic hydroxyl groups is 2. The molecule has 0 aromatic carbocycles. The van der Waals surface area contributed by atoms with Crippen molar-refractivity contribution in [1.82, 2.24) is 0 Å². The molecule has 3 N–H and O–H groups in total. The summed E-state index contributed by atoms with van der Waals surface area (Å²) in [5, 5.41) is 18.6. The Morgan fingerprint density at radius 3 is 2.50 bits per heavy atom. The van der Waals surface area contributed by atoms with Gasteiger partial charge in [0.05, 0.1) is 12.8 Å². The van der Waals surface area contributed by atoms with Gasteiger partial charge in [-0.2, -0.15) is 8.42 Å². The third-order valence-electron chi connectivity index (χ3n) is 2.41. The Balaban J connectivity index is 2.94. The van der Waals surface area contributed by atoms with E-state index in [1.165, 1.54) is 18.7 Å². The van der Waals surface area contributed by atoms with E-state index in [2.05, 4.69) is 4.99 Å². The molecule has 7 nitrogen and oxygen atoms in total. The largest absolute Gasteiger partial charge is 0.390 e. The first-order valence-electron chi connectivity index (χ1n) is 4.61. The molecule has 0 fully saturated rings. The molecule has 0 spiro atoms. The van der Waals surface area contributed by atoms with Crippen LogP contribution in [-0.2, 0) is 10.1 Å². The third kappa shape index (κ3) is 2.66. The molecular weight excluding hydrogens is 236 g/mol. The fourth-order valence-electron chi connectivity index (χ4n) is 1.50. The van der Waals surface area contributed by atoms with Crippen LogP contribution in [-0.4, -0.2) is 58.6 Å². The van der Waals surface area contributed by atoms with Gasteiger partial charge in [0.2, 0.25) is 4.93 Å². The zero-order valence-electron chi connectivity index (χ0n) is 8.81. The fraction of sp³-hybridized carbons (Fsp3) is 0.625. The molecule has 0 aromatic heterocycles. The van der Waals surface area contributed by atoms with Crippen LogP contribution in [0.25, 0.3) is 0 Å². The molecule has 0 bridgehead atoms. The second-order valence-electron chi connectivity index (χ2n) is 3.92. The number of rotatable bonds is 5. The molecule has 0 aromatic rings. The summed E-state index contributed by atoms with van der Waals surface area (Å²) in [4.78, 5) is 1.50. The first-order chi connectivity index (χ1) is 7.22. The normalized spacial score (nSPS) is 28.2. The van der Waals surface area contributed by atoms with E-state index in [0.717, 1.165) is 6.92 Å². The summed E-state index contributed by atoms with van der Waals surface area (Å²) in [7, 11) is -4.58. The van der Waals surface area contributed by atoms with Crippen LogP contribution >= 0.6 is 0 Å². The molecule has 16 heavy (non-hydrogen) atoms. The highest BCUT2D eigenvalue weighted by Crippen LogP contribution is 2.21. The second-order valence-corrected chi connectivity index (χ2v) is 5.75. The number of hydrogen-bond acceptors (Lipinski definition) is 5. The highest BCUT2D eigenvalue weighted by atomic mass is 32.2. The van der Waals surface area contributed by atoms with Gasteiger partial charge in [-0.1, -0.05) is 0 Å². The fourth-order valence-corrected chi connectivity index (χ4v) is 1.90. The highest BCUT2D eigenvalue weighted by molar-refractivity contribution is 7.87. The van der Waals surface area contributed by atoms with Gasteiger partial charge in [0, 0.05) is 0 Å². The van der Waals surface area contributed by atoms with E-state index in [1.54, 1.807) is 0 Å². The van der Waals surface area contributed by atoms with Gasteiger partial charge >= 0.3 is 10.1 Å². The van der Waals surface area contributed by atoms with E-state index in [0.29, 0.717) is 0 Å². The number of aliphatic hydroxyl groups excluding tert-OH is 1. The number of quaternary nitrogens is 1. The van der Waals surface area contributed by atoms with Crippen LogP contribution in [0.4, 0.5) is 0 Å². The molecule has 1 rings (SSSR count). The summed E-state index contributed by atoms with van der Waals surface area (Å²) in [6.45, 7) is 0.662. The van der Waals surface area contributed by atoms with Gasteiger partial charge in [-0.05, 0) is 6.92 Å². The summed E-state index contributed by atoms with van der Waals surface area (Å²) in [5.41, 5.74) is 0. The minimum Gasteiger partial charge on any atom is -0.390 e. The molecule has 0 radical (unpaired) electrons. The topological polar surface area (TPSA) is 107 Å². The van der Waals surface area contributed by atoms with E-state index in [9.17, 15) is 13.5 Å². The van der Waals surface area contributed by atoms with Gasteiger partial charge in [0.1, 0.15) is 19.3 Å². The maximum Gasteiger partial charge on any atom is 0.300 e. The van der Waals surface area contributed by atoms with Crippen molar-refractivity contribution in [3.63, 3.8) is 0 Å². The molecule has 0 aliphatic carbocycles. The predicted molar refractivity (Wildman–Crippen MR) is 56.9 cm³/mol. The van der Waals surface area contributed by atoms with Gasteiger partial charge in [-0.3, -0.25) is 4.55 Å². The van der Waals surface area contributed by atoms with Crippen LogP contribution in [0.5, 0.6) is 0 Å². The van der Waals surface area contributed by atoms with E-state index >= 15 is 0 Å². The summed E-state index contributed by atoms with van der Waals surface area (Å²) in [6, 6.07) is 0. The van der Waals surface area contributed by atoms with Crippen molar-refractivity contribution >= 4 is 16.5 Å². The number of aliphatic imine (C=N–C) groups is 1. The molecule has 0 amide bonds. The lowest BCUT2D eigenvalue weighted by atomic mass is 10.3. The average molecular weight is 251 g/mol. The summed E-state index contributed by atoms with van der Waals surface area (Å²) in [6.07, 6.45) is 4.38. The molecule has 1 heterocycles. The molecule has 2 atom stereocenters. The standard InChI is InChI=1S/C8H14N2O5S/c1-8(12,16(13,14)15)6-10(4-5-11)3-2-9-7-10/h2-3,7,11-12H,4-6H2,1H3/p+1. The van der Waals surface area contributed by atoms with E-state index in [4.69, 9.17) is 9.66 Å². The summed E-state index contributed by atoms with van der Waals surface area (Å²) >= 11 is 0. The van der Waals surface area contributed by atoms with Gasteiger partial charge in [-0.15, -0.1) is 0 Å². The zero-order chi connectivity index (χ0) is 12.4. The summed E-state index contributed by atoms with van der Waals surface area (Å²) < 4.78 is 30.7. The Bertz CT molecular complexity index is 400. The Kier molecular flexibility index (Phi) is 3.50. The van der Waals surface area contributed by atoms with E-state index in [-0.39, 0.29) is 24.2 Å². The van der Waals surface area contributed by atoms with Crippen molar-refractivity contribution in [2.45, 2.75) is 11.9 Å². The third-order valence-corrected chi connectivity index (χ3v) is 3.65. The molecule has 8 heteroatoms. The molecule has 2 unspecified atom stereocenters. The zero-order valence-corrected chi connectivity index (χ0v) is 9.63. The van der Waals surface area contributed by atoms with Gasteiger partial charge < -0.3 is 10.2 Å². The quantitative estimate of drug-likeness (QED) is 0.425. The monoisotopic (exact) mass is 251 g/mol. The first kappa shape index (κ1) is 13.3. The summed E-state index contributed by atoms with van der Waals surface area (Å²) in [5.74, 6) is 0. The Morgan fingerprint density at radius 1 is 1.50 bits per heavy atom. The predicted octanol–water partition coefficient (Wildman–Crippen LogP) is -1.10. The van der Waals surface area contributed by atoms with Crippen molar-refractivity contribution in [1.29, 1.82) is 0 Å². The van der Waals surface area contributed by atoms with Crippen LogP contribution in [0.15, 0.2) is 17.4 Å². The van der Waals surface area contributed by atoms with Gasteiger partial charge in [0.15, 0.2) is 6.34 Å². The van der Waals surface area contributed by atoms with Crippen molar-refractivity contribution < 1.29 is 27.7 Å². The van der Waals surface area contributed by atoms with Gasteiger partial charge in [-0.25, -0.2) is 9.48 Å². The SMILES string of the molecule is CC(O)(C[N+]1(CCO)C=CN=C1)S(=O)(=O)O. The molecule has 1 aliphatic rings. The highest BCUT2D eigenvalue weighted by Gasteiger charge is 2.44. The van der Waals surface area contributed by atoms with Crippen LogP contribution < -0.4 is 0 Å². The minimum absolute atomic E-state index is 0.122. The van der Waals surface area contributed by atoms with Crippen molar-refractivity contribution in [2.75, 3.05) is 19.7 Å². The Hall–Kier alpha value is -0.800. The van der Waals surface area contributed by atoms with Crippen molar-refractivity contribution in [2.24, 2.45) is 4.99 Å². The number of nitrogens with zero attached hydrogens (tertiary/aromatic N) is 2. The lowest BCUT2D eigenvalue weighted by molar-refractivity contribution is -0.785. The molecule has 0 saturated carbocycles.